The van der Waals surface area contributed by atoms with Crippen LogP contribution in [0.4, 0.5) is 11.6 Å². The predicted molar refractivity (Wildman–Crippen MR) is 139 cm³/mol. The first kappa shape index (κ1) is 27.8. The normalized spacial score (nSPS) is 12.5. The number of anilines is 2. The third-order valence-electron chi connectivity index (χ3n) is 4.98. The van der Waals surface area contributed by atoms with Gasteiger partial charge in [0.25, 0.3) is 11.5 Å². The molecule has 35 heavy (non-hydrogen) atoms. The molecule has 2 aromatic rings. The van der Waals surface area contributed by atoms with Crippen molar-refractivity contribution >= 4 is 46.6 Å². The van der Waals surface area contributed by atoms with Crippen molar-refractivity contribution in [3.05, 3.63) is 37.7 Å². The van der Waals surface area contributed by atoms with Crippen molar-refractivity contribution in [1.82, 2.24) is 19.8 Å². The summed E-state index contributed by atoms with van der Waals surface area (Å²) in [4.78, 5) is 43.8. The molecule has 188 valence electrons. The van der Waals surface area contributed by atoms with Crippen LogP contribution < -0.4 is 30.7 Å². The Bertz CT molecular complexity index is 1260. The fourth-order valence-corrected chi connectivity index (χ4v) is 4.23. The van der Waals surface area contributed by atoms with Crippen molar-refractivity contribution in [2.75, 3.05) is 37.3 Å². The molecule has 0 radical (unpaired) electrons. The second-order valence-corrected chi connectivity index (χ2v) is 9.36. The van der Waals surface area contributed by atoms with E-state index in [1.54, 1.807) is 32.0 Å². The molecule has 0 saturated carbocycles. The van der Waals surface area contributed by atoms with Gasteiger partial charge in [0.15, 0.2) is 5.57 Å². The van der Waals surface area contributed by atoms with E-state index in [1.807, 2.05) is 18.0 Å². The first-order valence-corrected chi connectivity index (χ1v) is 12.4. The molecule has 0 saturated heterocycles. The third-order valence-corrected chi connectivity index (χ3v) is 6.11. The highest BCUT2D eigenvalue weighted by molar-refractivity contribution is 7.07. The van der Waals surface area contributed by atoms with Crippen LogP contribution in [0.15, 0.2) is 23.0 Å². The smallest absolute Gasteiger partial charge is 0.270 e. The Labute approximate surface area is 209 Å². The van der Waals surface area contributed by atoms with Gasteiger partial charge in [0.05, 0.1) is 6.54 Å². The summed E-state index contributed by atoms with van der Waals surface area (Å²) in [5.41, 5.74) is -0.414. The molecule has 0 aromatic carbocycles. The largest absolute Gasteiger partial charge is 0.352 e. The highest BCUT2D eigenvalue weighted by atomic mass is 32.1. The number of carbonyl (C=O) groups is 2. The maximum atomic E-state index is 12.8. The first-order valence-electron chi connectivity index (χ1n) is 11.5. The van der Waals surface area contributed by atoms with E-state index >= 15 is 0 Å². The maximum absolute atomic E-state index is 12.8. The molecule has 0 aliphatic carbocycles. The van der Waals surface area contributed by atoms with Gasteiger partial charge >= 0.3 is 0 Å². The van der Waals surface area contributed by atoms with Gasteiger partial charge in [-0.05, 0) is 51.9 Å². The second-order valence-electron chi connectivity index (χ2n) is 8.33. The minimum absolute atomic E-state index is 0.100. The van der Waals surface area contributed by atoms with E-state index in [9.17, 15) is 19.6 Å². The Kier molecular flexibility index (Phi) is 10.6. The molecule has 0 aliphatic rings. The van der Waals surface area contributed by atoms with Crippen molar-refractivity contribution in [1.29, 1.82) is 5.26 Å². The quantitative estimate of drug-likeness (QED) is 0.418. The fourth-order valence-electron chi connectivity index (χ4n) is 3.15. The van der Waals surface area contributed by atoms with Crippen LogP contribution in [0.3, 0.4) is 0 Å². The van der Waals surface area contributed by atoms with Crippen LogP contribution in [0.1, 0.15) is 34.1 Å². The molecular formula is C24H33N7O3S. The average Bonchev–Trinajstić information content (AvgIpc) is 3.12. The van der Waals surface area contributed by atoms with Crippen LogP contribution >= 0.6 is 11.3 Å². The number of pyridine rings is 1. The zero-order valence-electron chi connectivity index (χ0n) is 20.8. The van der Waals surface area contributed by atoms with E-state index in [4.69, 9.17) is 0 Å². The lowest BCUT2D eigenvalue weighted by molar-refractivity contribution is -0.117. The van der Waals surface area contributed by atoms with E-state index < -0.39 is 5.91 Å². The van der Waals surface area contributed by atoms with Crippen LogP contribution in [0.5, 0.6) is 0 Å². The topological polar surface area (TPSA) is 132 Å². The number of likely N-dealkylation sites (N-methyl/N-ethyl adjacent to an activating group) is 1. The zero-order chi connectivity index (χ0) is 26.0. The number of nitriles is 1. The number of hydrogen-bond acceptors (Lipinski definition) is 8. The summed E-state index contributed by atoms with van der Waals surface area (Å²) in [5.74, 6) is 0.711. The summed E-state index contributed by atoms with van der Waals surface area (Å²) in [6.07, 6.45) is 2.50. The van der Waals surface area contributed by atoms with Crippen molar-refractivity contribution < 1.29 is 9.59 Å². The Hall–Kier alpha value is -3.49. The molecular weight excluding hydrogens is 466 g/mol. The van der Waals surface area contributed by atoms with Crippen molar-refractivity contribution in [3.63, 3.8) is 0 Å². The first-order chi connectivity index (χ1) is 16.7. The van der Waals surface area contributed by atoms with Crippen LogP contribution in [0.2, 0.25) is 0 Å². The molecule has 2 heterocycles. The van der Waals surface area contributed by atoms with Crippen LogP contribution in [0, 0.1) is 17.2 Å². The van der Waals surface area contributed by atoms with Crippen molar-refractivity contribution in [2.24, 2.45) is 5.92 Å². The van der Waals surface area contributed by atoms with Gasteiger partial charge in [0.2, 0.25) is 5.91 Å². The number of aromatic nitrogens is 2. The summed E-state index contributed by atoms with van der Waals surface area (Å²) >= 11 is 1.05. The predicted octanol–water partition coefficient (Wildman–Crippen LogP) is 0.902. The number of hydrogen-bond donors (Lipinski definition) is 3. The van der Waals surface area contributed by atoms with E-state index in [2.05, 4.69) is 34.8 Å². The Morgan fingerprint density at radius 3 is 2.63 bits per heavy atom. The van der Waals surface area contributed by atoms with Gasteiger partial charge in [-0.2, -0.15) is 5.26 Å². The number of nitrogens with zero attached hydrogens (tertiary/aromatic N) is 4. The zero-order valence-corrected chi connectivity index (χ0v) is 21.7. The molecule has 0 atom stereocenters. The lowest BCUT2D eigenvalue weighted by atomic mass is 10.1. The summed E-state index contributed by atoms with van der Waals surface area (Å²) < 4.78 is 2.02. The number of nitrogens with one attached hydrogen (secondary N) is 3. The van der Waals surface area contributed by atoms with E-state index in [-0.39, 0.29) is 23.6 Å². The Morgan fingerprint density at radius 1 is 1.29 bits per heavy atom. The summed E-state index contributed by atoms with van der Waals surface area (Å²) in [5, 5.41) is 17.8. The number of amides is 2. The molecule has 0 unspecified atom stereocenters. The van der Waals surface area contributed by atoms with Gasteiger partial charge in [-0.15, -0.1) is 11.3 Å². The summed E-state index contributed by atoms with van der Waals surface area (Å²) in [6, 6.07) is 7.04. The molecule has 2 aromatic heterocycles. The number of carbonyl (C=O) groups excluding carboxylic acids is 2. The van der Waals surface area contributed by atoms with Gasteiger partial charge in [-0.1, -0.05) is 19.9 Å². The number of thiazole rings is 1. The van der Waals surface area contributed by atoms with Gasteiger partial charge in [0, 0.05) is 19.3 Å². The molecule has 0 fully saturated rings. The van der Waals surface area contributed by atoms with Gasteiger partial charge in [-0.3, -0.25) is 23.9 Å². The highest BCUT2D eigenvalue weighted by Gasteiger charge is 2.14. The molecule has 10 nitrogen and oxygen atoms in total. The molecule has 2 rings (SSSR count). The minimum Gasteiger partial charge on any atom is -0.352 e. The maximum Gasteiger partial charge on any atom is 0.270 e. The van der Waals surface area contributed by atoms with E-state index in [0.29, 0.717) is 39.8 Å². The fraction of sp³-hybridized carbons (Fsp3) is 0.458. The standard InChI is InChI=1S/C24H33N7O3S/c1-6-26-22(33)17(13-25)24-31(7-2)23(34)18(35-24)14-27-19-9-8-10-20(28-19)29-21(32)15-30(5)12-11-16(3)4/h8-10,14,16H,6-7,11-12,15H2,1-5H3,(H,26,33)(H2,27,28,29,32)/b18-14+,24-17-. The van der Waals surface area contributed by atoms with Crippen LogP contribution in [-0.2, 0) is 16.1 Å². The molecule has 0 aliphatic heterocycles. The molecule has 0 spiro atoms. The van der Waals surface area contributed by atoms with Gasteiger partial charge in [0.1, 0.15) is 26.9 Å². The lowest BCUT2D eigenvalue weighted by Gasteiger charge is -2.17. The van der Waals surface area contributed by atoms with E-state index in [1.165, 1.54) is 10.8 Å². The highest BCUT2D eigenvalue weighted by Crippen LogP contribution is 2.09. The van der Waals surface area contributed by atoms with Gasteiger partial charge < -0.3 is 16.0 Å². The van der Waals surface area contributed by atoms with Crippen LogP contribution in [-0.4, -0.2) is 52.9 Å². The Balaban J connectivity index is 2.23. The summed E-state index contributed by atoms with van der Waals surface area (Å²) in [6.45, 7) is 9.60. The molecule has 3 N–H and O–H groups in total. The lowest BCUT2D eigenvalue weighted by Crippen LogP contribution is -2.34. The SMILES string of the molecule is CCNC(=O)/C(C#N)=c1\s/c(=C/Nc2cccc(NC(=O)CN(C)CCC(C)C)n2)c(=O)n1CC. The molecule has 0 bridgehead atoms. The Morgan fingerprint density at radius 2 is 2.00 bits per heavy atom. The van der Waals surface area contributed by atoms with Crippen LogP contribution in [0.25, 0.3) is 11.8 Å². The molecule has 11 heteroatoms. The van der Waals surface area contributed by atoms with Gasteiger partial charge in [-0.25, -0.2) is 4.98 Å². The van der Waals surface area contributed by atoms with Crippen molar-refractivity contribution in [3.8, 4) is 6.07 Å². The third kappa shape index (κ3) is 8.05. The monoisotopic (exact) mass is 499 g/mol. The van der Waals surface area contributed by atoms with Crippen molar-refractivity contribution in [2.45, 2.75) is 40.7 Å². The average molecular weight is 500 g/mol. The molecule has 2 amide bonds. The minimum atomic E-state index is -0.516. The summed E-state index contributed by atoms with van der Waals surface area (Å²) in [7, 11) is 1.90. The second kappa shape index (κ2) is 13.4. The number of rotatable bonds is 11. The van der Waals surface area contributed by atoms with E-state index in [0.717, 1.165) is 24.3 Å².